The highest BCUT2D eigenvalue weighted by molar-refractivity contribution is 7.98. The molecule has 0 bridgehead atoms. The van der Waals surface area contributed by atoms with E-state index in [0.29, 0.717) is 19.3 Å². The summed E-state index contributed by atoms with van der Waals surface area (Å²) in [6, 6.07) is 7.97. The summed E-state index contributed by atoms with van der Waals surface area (Å²) in [6.07, 6.45) is 3.34. The van der Waals surface area contributed by atoms with E-state index in [1.165, 1.54) is 0 Å². The van der Waals surface area contributed by atoms with E-state index in [1.54, 1.807) is 11.8 Å². The number of carbonyl (C=O) groups is 3. The molecule has 0 aliphatic rings. The van der Waals surface area contributed by atoms with Crippen LogP contribution in [-0.4, -0.2) is 56.7 Å². The first-order valence-corrected chi connectivity index (χ1v) is 10.1. The molecule has 0 spiro atoms. The third-order valence-corrected chi connectivity index (χ3v) is 5.55. The molecule has 1 rings (SSSR count). The molecule has 0 aromatic heterocycles. The predicted octanol–water partition coefficient (Wildman–Crippen LogP) is -0.250. The second-order valence-corrected chi connectivity index (χ2v) is 7.49. The number of amides is 1. The van der Waals surface area contributed by atoms with Crippen molar-refractivity contribution in [3.63, 3.8) is 0 Å². The van der Waals surface area contributed by atoms with Crippen LogP contribution in [0.1, 0.15) is 12.0 Å². The van der Waals surface area contributed by atoms with E-state index in [0.717, 1.165) is 11.3 Å². The highest BCUT2D eigenvalue weighted by Gasteiger charge is 2.22. The molecule has 1 aromatic rings. The molecule has 8 heteroatoms. The summed E-state index contributed by atoms with van der Waals surface area (Å²) < 4.78 is 0. The number of rotatable bonds is 12. The lowest BCUT2D eigenvalue weighted by atomic mass is 10.1. The smallest absolute Gasteiger partial charge is 0.320 e. The fraction of sp³-hybridized carbons (Fsp3) is 0.400. The molecule has 1 aromatic carbocycles. The van der Waals surface area contributed by atoms with Gasteiger partial charge in [0.25, 0.3) is 0 Å². The van der Waals surface area contributed by atoms with Crippen molar-refractivity contribution in [2.45, 2.75) is 24.9 Å². The van der Waals surface area contributed by atoms with Gasteiger partial charge in [-0.3, -0.25) is 9.59 Å². The van der Waals surface area contributed by atoms with E-state index >= 15 is 0 Å². The van der Waals surface area contributed by atoms with Crippen LogP contribution in [0.2, 0.25) is 0 Å². The number of nitrogens with one attached hydrogen (secondary N) is 2. The summed E-state index contributed by atoms with van der Waals surface area (Å²) in [5.74, 6) is -0.212. The Morgan fingerprint density at radius 1 is 1.30 bits per heavy atom. The van der Waals surface area contributed by atoms with Gasteiger partial charge in [-0.15, -0.1) is 0 Å². The predicted molar refractivity (Wildman–Crippen MR) is 94.2 cm³/mol. The van der Waals surface area contributed by atoms with Crippen LogP contribution in [0, 0.1) is 0 Å². The van der Waals surface area contributed by atoms with Crippen LogP contribution in [0.5, 0.6) is 0 Å². The summed E-state index contributed by atoms with van der Waals surface area (Å²) in [6.45, 7) is 0. The normalized spacial score (nSPS) is 13.6. The highest BCUT2D eigenvalue weighted by atomic mass is 32.2. The van der Waals surface area contributed by atoms with Crippen LogP contribution in [-0.2, 0) is 20.8 Å². The molecule has 0 unspecified atom stereocenters. The van der Waals surface area contributed by atoms with E-state index in [9.17, 15) is 19.5 Å². The Hall–Kier alpha value is -1.64. The topological polar surface area (TPSA) is 95.5 Å². The Morgan fingerprint density at radius 3 is 2.57 bits per heavy atom. The Morgan fingerprint density at radius 2 is 2.00 bits per heavy atom. The molecule has 6 nitrogen and oxygen atoms in total. The fourth-order valence-corrected chi connectivity index (χ4v) is 3.91. The van der Waals surface area contributed by atoms with Crippen molar-refractivity contribution in [2.24, 2.45) is 0 Å². The van der Waals surface area contributed by atoms with Crippen molar-refractivity contribution in [1.29, 1.82) is 0 Å². The molecule has 2 atom stereocenters. The van der Waals surface area contributed by atoms with Crippen LogP contribution in [0.3, 0.4) is 0 Å². The Bertz CT molecular complexity index is 515. The van der Waals surface area contributed by atoms with Gasteiger partial charge in [-0.1, -0.05) is 30.3 Å². The first kappa shape index (κ1) is 19.4. The molecule has 0 aliphatic carbocycles. The molecule has 0 aliphatic heterocycles. The van der Waals surface area contributed by atoms with Crippen molar-refractivity contribution in [3.8, 4) is 0 Å². The maximum atomic E-state index is 12.2. The lowest BCUT2D eigenvalue weighted by molar-refractivity contribution is -0.138. The zero-order chi connectivity index (χ0) is 17.1. The number of carboxylic acids is 1. The van der Waals surface area contributed by atoms with Gasteiger partial charge in [0.1, 0.15) is 11.4 Å². The van der Waals surface area contributed by atoms with Crippen LogP contribution in [0.25, 0.3) is 0 Å². The Kier molecular flexibility index (Phi) is 9.26. The summed E-state index contributed by atoms with van der Waals surface area (Å²) in [7, 11) is -1.47. The van der Waals surface area contributed by atoms with Crippen molar-refractivity contribution in [2.75, 3.05) is 12.0 Å². The second-order valence-electron chi connectivity index (χ2n) is 5.05. The molecule has 0 fully saturated rings. The zero-order valence-corrected chi connectivity index (χ0v) is 15.3. The quantitative estimate of drug-likeness (QED) is 0.354. The zero-order valence-electron chi connectivity index (χ0n) is 13.0. The molecular formula is C15H22N2O4SSi. The van der Waals surface area contributed by atoms with Crippen molar-refractivity contribution < 1.29 is 19.5 Å². The number of aliphatic carboxylic acids is 1. The standard InChI is InChI=1S/C15H22N2O4SSi/c1-22-8-7-12(16-10-18)15(21)23-17-13(14(19)20)9-11-5-3-2-4-6-11/h2-6,10,12-13,17H,7-9,23H2,1H3,(H,16,18)(H,19,20)/t12-,13-/m0/s1. The minimum atomic E-state index is -1.47. The van der Waals surface area contributed by atoms with Crippen LogP contribution < -0.4 is 10.3 Å². The molecule has 126 valence electrons. The van der Waals surface area contributed by atoms with Crippen molar-refractivity contribution in [3.05, 3.63) is 35.9 Å². The first-order chi connectivity index (χ1) is 11.1. The third-order valence-electron chi connectivity index (χ3n) is 3.37. The van der Waals surface area contributed by atoms with Gasteiger partial charge in [0.05, 0.1) is 6.04 Å². The van der Waals surface area contributed by atoms with Crippen LogP contribution in [0.4, 0.5) is 0 Å². The highest BCUT2D eigenvalue weighted by Crippen LogP contribution is 2.04. The van der Waals surface area contributed by atoms with Gasteiger partial charge >= 0.3 is 5.97 Å². The van der Waals surface area contributed by atoms with E-state index in [2.05, 4.69) is 10.3 Å². The van der Waals surface area contributed by atoms with E-state index < -0.39 is 27.7 Å². The SMILES string of the molecule is CSCC[C@H](NC=O)C(=O)[SiH2]N[C@@H](Cc1ccccc1)C(=O)O. The lowest BCUT2D eigenvalue weighted by Gasteiger charge is -2.17. The third kappa shape index (κ3) is 7.44. The first-order valence-electron chi connectivity index (χ1n) is 7.30. The molecule has 1 amide bonds. The summed E-state index contributed by atoms with van der Waals surface area (Å²) in [4.78, 5) is 37.1. The van der Waals surface area contributed by atoms with Gasteiger partial charge in [-0.25, -0.2) is 0 Å². The summed E-state index contributed by atoms with van der Waals surface area (Å²) in [5.41, 5.74) is 0.902. The number of hydrogen-bond acceptors (Lipinski definition) is 5. The maximum absolute atomic E-state index is 12.2. The second kappa shape index (κ2) is 11.0. The number of carbonyl (C=O) groups excluding carboxylic acids is 2. The minimum absolute atomic E-state index is 0.0783. The van der Waals surface area contributed by atoms with Gasteiger partial charge < -0.3 is 20.2 Å². The van der Waals surface area contributed by atoms with E-state index in [4.69, 9.17) is 0 Å². The van der Waals surface area contributed by atoms with Crippen molar-refractivity contribution in [1.82, 2.24) is 10.3 Å². The molecule has 23 heavy (non-hydrogen) atoms. The van der Waals surface area contributed by atoms with Gasteiger partial charge in [-0.05, 0) is 30.4 Å². The molecule has 0 radical (unpaired) electrons. The largest absolute Gasteiger partial charge is 0.480 e. The van der Waals surface area contributed by atoms with Gasteiger partial charge in [-0.2, -0.15) is 11.8 Å². The molecule has 0 saturated heterocycles. The van der Waals surface area contributed by atoms with E-state index in [1.807, 2.05) is 36.6 Å². The molecule has 3 N–H and O–H groups in total. The monoisotopic (exact) mass is 354 g/mol. The Labute approximate surface area is 142 Å². The van der Waals surface area contributed by atoms with Gasteiger partial charge in [0, 0.05) is 0 Å². The van der Waals surface area contributed by atoms with Crippen LogP contribution >= 0.6 is 11.8 Å². The van der Waals surface area contributed by atoms with E-state index in [-0.39, 0.29) is 5.41 Å². The van der Waals surface area contributed by atoms with Crippen molar-refractivity contribution >= 4 is 39.2 Å². The average Bonchev–Trinajstić information content (AvgIpc) is 2.55. The fourth-order valence-electron chi connectivity index (χ4n) is 2.10. The lowest BCUT2D eigenvalue weighted by Crippen LogP contribution is -2.49. The number of benzene rings is 1. The Balaban J connectivity index is 2.57. The number of thioether (sulfide) groups is 1. The number of carboxylic acid groups (broad SMARTS) is 1. The molecule has 0 heterocycles. The molecular weight excluding hydrogens is 332 g/mol. The van der Waals surface area contributed by atoms with Crippen LogP contribution in [0.15, 0.2) is 30.3 Å². The molecule has 0 saturated carbocycles. The average molecular weight is 355 g/mol. The minimum Gasteiger partial charge on any atom is -0.480 e. The summed E-state index contributed by atoms with van der Waals surface area (Å²) in [5, 5.41) is 11.7. The summed E-state index contributed by atoms with van der Waals surface area (Å²) >= 11 is 1.60. The maximum Gasteiger partial charge on any atom is 0.320 e. The van der Waals surface area contributed by atoms with Gasteiger partial charge in [0.15, 0.2) is 9.68 Å². The number of hydrogen-bond donors (Lipinski definition) is 3. The van der Waals surface area contributed by atoms with Gasteiger partial charge in [0.2, 0.25) is 6.41 Å².